The monoisotopic (exact) mass is 457 g/mol. The molecule has 0 saturated carbocycles. The highest BCUT2D eigenvalue weighted by molar-refractivity contribution is 5.68. The number of hydrogen-bond donors (Lipinski definition) is 0. The van der Waals surface area contributed by atoms with E-state index in [1.807, 2.05) is 55.4 Å². The maximum Gasteiger partial charge on any atom is 0.410 e. The van der Waals surface area contributed by atoms with Gasteiger partial charge in [0.25, 0.3) is 0 Å². The number of carbonyl (C=O) groups is 2. The molecule has 5 atom stereocenters. The Morgan fingerprint density at radius 3 is 1.75 bits per heavy atom. The zero-order valence-electron chi connectivity index (χ0n) is 21.1. The molecule has 0 bridgehead atoms. The number of rotatable bonds is 4. The molecule has 0 radical (unpaired) electrons. The van der Waals surface area contributed by atoms with Crippen molar-refractivity contribution in [2.24, 2.45) is 0 Å². The molecule has 2 amide bonds. The van der Waals surface area contributed by atoms with E-state index in [2.05, 4.69) is 4.90 Å². The van der Waals surface area contributed by atoms with Gasteiger partial charge in [0.05, 0.1) is 19.7 Å². The van der Waals surface area contributed by atoms with Crippen molar-refractivity contribution in [3.63, 3.8) is 0 Å². The third-order valence-corrected chi connectivity index (χ3v) is 5.61. The summed E-state index contributed by atoms with van der Waals surface area (Å²) in [7, 11) is 3.37. The molecule has 3 saturated heterocycles. The van der Waals surface area contributed by atoms with Gasteiger partial charge in [-0.1, -0.05) is 0 Å². The number of carbonyl (C=O) groups excluding carboxylic acids is 2. The van der Waals surface area contributed by atoms with E-state index in [9.17, 15) is 9.59 Å². The summed E-state index contributed by atoms with van der Waals surface area (Å²) in [5.74, 6) is 0. The molecular formula is C22H39N3O7. The van der Waals surface area contributed by atoms with Gasteiger partial charge in [-0.3, -0.25) is 0 Å². The van der Waals surface area contributed by atoms with E-state index in [-0.39, 0.29) is 25.5 Å². The van der Waals surface area contributed by atoms with Crippen LogP contribution in [0.25, 0.3) is 0 Å². The minimum Gasteiger partial charge on any atom is -0.444 e. The maximum atomic E-state index is 12.5. The summed E-state index contributed by atoms with van der Waals surface area (Å²) in [6.45, 7) is 15.8. The first-order chi connectivity index (χ1) is 14.4. The molecule has 3 aliphatic heterocycles. The van der Waals surface area contributed by atoms with Crippen LogP contribution in [0.2, 0.25) is 0 Å². The molecule has 32 heavy (non-hydrogen) atoms. The van der Waals surface area contributed by atoms with Gasteiger partial charge in [-0.2, -0.15) is 0 Å². The number of hydrogen-bond acceptors (Lipinski definition) is 8. The molecule has 184 valence electrons. The van der Waals surface area contributed by atoms with Crippen molar-refractivity contribution >= 4 is 12.2 Å². The van der Waals surface area contributed by atoms with Crippen LogP contribution in [0, 0.1) is 0 Å². The number of amides is 2. The SMILES string of the molecule is CN(C[C@@]1(C)O[C@@H]2CO[C@H]3N2[C@@H]1O[C@]3(C)CN(C)C(=O)OC(C)(C)C)C(=O)OC(C)(C)C. The minimum atomic E-state index is -0.791. The van der Waals surface area contributed by atoms with E-state index in [0.717, 1.165) is 0 Å². The lowest BCUT2D eigenvalue weighted by atomic mass is 10.0. The Morgan fingerprint density at radius 2 is 1.31 bits per heavy atom. The Hall–Kier alpha value is -1.62. The standard InChI is InChI=1S/C22H39N3O7/c1-19(2,3)31-17(26)23(9)12-21(7)15-25-14(11-28-15)29-22(8,16(25)30-21)13-24(10)18(27)32-20(4,5)6/h14-16H,11-13H2,1-10H3/t14-,15-,16-,21-,22-/m1/s1. The lowest BCUT2D eigenvalue weighted by Crippen LogP contribution is -2.52. The van der Waals surface area contributed by atoms with E-state index >= 15 is 0 Å². The van der Waals surface area contributed by atoms with Gasteiger partial charge < -0.3 is 33.5 Å². The summed E-state index contributed by atoms with van der Waals surface area (Å²) in [4.78, 5) is 30.1. The zero-order valence-corrected chi connectivity index (χ0v) is 21.1. The second-order valence-electron chi connectivity index (χ2n) is 11.5. The van der Waals surface area contributed by atoms with Crippen molar-refractivity contribution < 1.29 is 33.3 Å². The highest BCUT2D eigenvalue weighted by atomic mass is 16.7. The second kappa shape index (κ2) is 8.00. The summed E-state index contributed by atoms with van der Waals surface area (Å²) in [6, 6.07) is 0. The molecule has 3 aliphatic rings. The smallest absolute Gasteiger partial charge is 0.410 e. The summed E-state index contributed by atoms with van der Waals surface area (Å²) in [6.07, 6.45) is -1.95. The molecule has 0 aromatic carbocycles. The third kappa shape index (κ3) is 4.98. The number of ether oxygens (including phenoxy) is 5. The van der Waals surface area contributed by atoms with Crippen LogP contribution < -0.4 is 0 Å². The van der Waals surface area contributed by atoms with Gasteiger partial charge in [0.2, 0.25) is 0 Å². The minimum absolute atomic E-state index is 0.282. The first-order valence-corrected chi connectivity index (χ1v) is 11.1. The van der Waals surface area contributed by atoms with Crippen molar-refractivity contribution in [3.05, 3.63) is 0 Å². The van der Waals surface area contributed by atoms with Gasteiger partial charge in [-0.05, 0) is 55.4 Å². The molecule has 0 aromatic rings. The Morgan fingerprint density at radius 1 is 0.875 bits per heavy atom. The molecule has 3 heterocycles. The van der Waals surface area contributed by atoms with Gasteiger partial charge in [-0.25, -0.2) is 14.5 Å². The Balaban J connectivity index is 1.72. The van der Waals surface area contributed by atoms with Gasteiger partial charge in [-0.15, -0.1) is 0 Å². The van der Waals surface area contributed by atoms with Crippen molar-refractivity contribution in [1.82, 2.24) is 14.7 Å². The molecule has 0 aromatic heterocycles. The quantitative estimate of drug-likeness (QED) is 0.636. The molecule has 0 unspecified atom stereocenters. The van der Waals surface area contributed by atoms with Crippen LogP contribution in [0.1, 0.15) is 55.4 Å². The van der Waals surface area contributed by atoms with Crippen LogP contribution in [-0.2, 0) is 23.7 Å². The average molecular weight is 458 g/mol. The van der Waals surface area contributed by atoms with Crippen molar-refractivity contribution in [1.29, 1.82) is 0 Å². The predicted octanol–water partition coefficient (Wildman–Crippen LogP) is 2.61. The first-order valence-electron chi connectivity index (χ1n) is 11.1. The third-order valence-electron chi connectivity index (χ3n) is 5.61. The molecular weight excluding hydrogens is 418 g/mol. The van der Waals surface area contributed by atoms with E-state index in [4.69, 9.17) is 23.7 Å². The fraction of sp³-hybridized carbons (Fsp3) is 0.909. The molecule has 0 aliphatic carbocycles. The number of nitrogens with zero attached hydrogens (tertiary/aromatic N) is 3. The summed E-state index contributed by atoms with van der Waals surface area (Å²) in [5.41, 5.74) is -2.76. The molecule has 3 fully saturated rings. The molecule has 3 rings (SSSR count). The summed E-state index contributed by atoms with van der Waals surface area (Å²) in [5, 5.41) is 0. The van der Waals surface area contributed by atoms with Crippen LogP contribution in [0.5, 0.6) is 0 Å². The van der Waals surface area contributed by atoms with Crippen LogP contribution in [0.4, 0.5) is 9.59 Å². The zero-order chi connectivity index (χ0) is 24.3. The fourth-order valence-corrected chi connectivity index (χ4v) is 4.52. The average Bonchev–Trinajstić information content (AvgIpc) is 3.19. The van der Waals surface area contributed by atoms with E-state index < -0.39 is 40.8 Å². The highest BCUT2D eigenvalue weighted by Gasteiger charge is 2.68. The van der Waals surface area contributed by atoms with Crippen LogP contribution in [0.3, 0.4) is 0 Å². The van der Waals surface area contributed by atoms with Gasteiger partial charge in [0, 0.05) is 14.1 Å². The Kier molecular flexibility index (Phi) is 6.25. The first kappa shape index (κ1) is 25.0. The predicted molar refractivity (Wildman–Crippen MR) is 116 cm³/mol. The normalized spacial score (nSPS) is 34.4. The van der Waals surface area contributed by atoms with E-state index in [0.29, 0.717) is 6.61 Å². The van der Waals surface area contributed by atoms with Gasteiger partial charge in [0.15, 0.2) is 0 Å². The van der Waals surface area contributed by atoms with Gasteiger partial charge >= 0.3 is 12.2 Å². The van der Waals surface area contributed by atoms with Crippen LogP contribution in [0.15, 0.2) is 0 Å². The van der Waals surface area contributed by atoms with Crippen molar-refractivity contribution in [3.8, 4) is 0 Å². The van der Waals surface area contributed by atoms with Crippen molar-refractivity contribution in [2.45, 2.75) is 96.5 Å². The van der Waals surface area contributed by atoms with Crippen LogP contribution in [-0.4, -0.2) is 102 Å². The van der Waals surface area contributed by atoms with E-state index in [1.54, 1.807) is 14.1 Å². The van der Waals surface area contributed by atoms with Gasteiger partial charge in [0.1, 0.15) is 41.1 Å². The largest absolute Gasteiger partial charge is 0.444 e. The van der Waals surface area contributed by atoms with Crippen molar-refractivity contribution in [2.75, 3.05) is 33.8 Å². The van der Waals surface area contributed by atoms with E-state index in [1.165, 1.54) is 9.80 Å². The molecule has 10 heteroatoms. The Labute approximate surface area is 191 Å². The topological polar surface area (TPSA) is 90.0 Å². The Bertz CT molecular complexity index is 713. The number of likely N-dealkylation sites (N-methyl/N-ethyl adjacent to an activating group) is 2. The fourth-order valence-electron chi connectivity index (χ4n) is 4.52. The molecule has 0 spiro atoms. The highest BCUT2D eigenvalue weighted by Crippen LogP contribution is 2.49. The second-order valence-corrected chi connectivity index (χ2v) is 11.5. The lowest BCUT2D eigenvalue weighted by Gasteiger charge is -2.36. The summed E-state index contributed by atoms with van der Waals surface area (Å²) < 4.78 is 29.8. The molecule has 10 nitrogen and oxygen atoms in total. The van der Waals surface area contributed by atoms with Crippen LogP contribution >= 0.6 is 0 Å². The maximum absolute atomic E-state index is 12.5. The summed E-state index contributed by atoms with van der Waals surface area (Å²) >= 11 is 0. The lowest BCUT2D eigenvalue weighted by molar-refractivity contribution is -0.141. The molecule has 0 N–H and O–H groups in total.